The fourth-order valence-corrected chi connectivity index (χ4v) is 4.82. The zero-order valence-electron chi connectivity index (χ0n) is 21.6. The van der Waals surface area contributed by atoms with Crippen molar-refractivity contribution in [1.82, 2.24) is 19.8 Å². The number of aromatic amines is 1. The van der Waals surface area contributed by atoms with Gasteiger partial charge in [0, 0.05) is 79.0 Å². The summed E-state index contributed by atoms with van der Waals surface area (Å²) in [6, 6.07) is 14.8. The van der Waals surface area contributed by atoms with Crippen LogP contribution in [0.2, 0.25) is 0 Å². The minimum absolute atomic E-state index is 0.491. The predicted octanol–water partition coefficient (Wildman–Crippen LogP) is 5.41. The fourth-order valence-electron chi connectivity index (χ4n) is 4.82. The number of anilines is 2. The highest BCUT2D eigenvalue weighted by atomic mass is 16.5. The molecule has 3 heterocycles. The first kappa shape index (κ1) is 24.6. The average Bonchev–Trinajstić information content (AvgIpc) is 3.41. The summed E-state index contributed by atoms with van der Waals surface area (Å²) >= 11 is 0. The number of likely N-dealkylation sites (N-methyl/N-ethyl adjacent to an activating group) is 1. The predicted molar refractivity (Wildman–Crippen MR) is 150 cm³/mol. The lowest BCUT2D eigenvalue weighted by Gasteiger charge is -2.32. The molecule has 1 saturated heterocycles. The van der Waals surface area contributed by atoms with E-state index in [1.54, 1.807) is 19.5 Å². The molecule has 1 aliphatic rings. The Kier molecular flexibility index (Phi) is 7.22. The van der Waals surface area contributed by atoms with E-state index >= 15 is 0 Å². The number of rotatable bonds is 7. The maximum Gasteiger partial charge on any atom is 0.126 e. The van der Waals surface area contributed by atoms with E-state index in [1.165, 1.54) is 5.56 Å². The molecule has 2 aromatic heterocycles. The van der Waals surface area contributed by atoms with Gasteiger partial charge in [0.1, 0.15) is 11.8 Å². The molecule has 5 rings (SSSR count). The van der Waals surface area contributed by atoms with Gasteiger partial charge in [0.25, 0.3) is 0 Å². The lowest BCUT2D eigenvalue weighted by molar-refractivity contribution is 0.148. The number of nitrogens with one attached hydrogen (secondary N) is 2. The molecule has 2 N–H and O–H groups in total. The third kappa shape index (κ3) is 5.36. The van der Waals surface area contributed by atoms with Crippen molar-refractivity contribution in [2.75, 3.05) is 45.7 Å². The number of H-pyrrole nitrogens is 1. The van der Waals surface area contributed by atoms with Crippen LogP contribution in [0.5, 0.6) is 5.75 Å². The zero-order chi connectivity index (χ0) is 25.8. The number of benzene rings is 2. The number of nitrogens with zero attached hydrogens (tertiary/aromatic N) is 4. The van der Waals surface area contributed by atoms with Gasteiger partial charge < -0.3 is 19.9 Å². The van der Waals surface area contributed by atoms with E-state index in [-0.39, 0.29) is 0 Å². The minimum Gasteiger partial charge on any atom is -0.496 e. The van der Waals surface area contributed by atoms with Gasteiger partial charge in [-0.15, -0.1) is 0 Å². The Morgan fingerprint density at radius 3 is 2.68 bits per heavy atom. The van der Waals surface area contributed by atoms with Gasteiger partial charge in [-0.3, -0.25) is 9.88 Å². The number of fused-ring (bicyclic) bond motifs is 1. The Balaban J connectivity index is 1.41. The highest BCUT2D eigenvalue weighted by Crippen LogP contribution is 2.32. The van der Waals surface area contributed by atoms with Crippen LogP contribution in [-0.4, -0.2) is 60.1 Å². The Bertz CT molecular complexity index is 1470. The quantitative estimate of drug-likeness (QED) is 0.359. The number of hydrogen-bond donors (Lipinski definition) is 2. The van der Waals surface area contributed by atoms with Crippen molar-refractivity contribution in [3.05, 3.63) is 82.8 Å². The van der Waals surface area contributed by atoms with Crippen LogP contribution < -0.4 is 10.1 Å². The summed E-state index contributed by atoms with van der Waals surface area (Å²) in [6.45, 7) is 7.35. The van der Waals surface area contributed by atoms with Gasteiger partial charge >= 0.3 is 0 Å². The molecule has 0 spiro atoms. The van der Waals surface area contributed by atoms with E-state index in [0.29, 0.717) is 5.56 Å². The van der Waals surface area contributed by atoms with Crippen molar-refractivity contribution in [2.24, 2.45) is 0 Å². The summed E-state index contributed by atoms with van der Waals surface area (Å²) in [6.07, 6.45) is 9.31. The van der Waals surface area contributed by atoms with Gasteiger partial charge in [0.2, 0.25) is 0 Å². The van der Waals surface area contributed by atoms with Gasteiger partial charge in [-0.1, -0.05) is 24.3 Å². The molecule has 0 atom stereocenters. The van der Waals surface area contributed by atoms with Gasteiger partial charge in [-0.2, -0.15) is 5.26 Å². The molecular weight excluding hydrogens is 460 g/mol. The van der Waals surface area contributed by atoms with Crippen LogP contribution in [0.4, 0.5) is 11.4 Å². The Morgan fingerprint density at radius 2 is 1.89 bits per heavy atom. The molecule has 1 aliphatic heterocycles. The normalized spacial score (nSPS) is 14.8. The molecule has 0 saturated carbocycles. The van der Waals surface area contributed by atoms with Crippen LogP contribution in [0.1, 0.15) is 27.8 Å². The smallest absolute Gasteiger partial charge is 0.126 e. The first-order valence-electron chi connectivity index (χ1n) is 12.5. The number of hydrogen-bond acceptors (Lipinski definition) is 6. The first-order chi connectivity index (χ1) is 18.1. The number of aryl methyl sites for hydroxylation is 1. The average molecular weight is 493 g/mol. The number of piperazine rings is 1. The summed E-state index contributed by atoms with van der Waals surface area (Å²) in [5.74, 6) is 0.829. The van der Waals surface area contributed by atoms with Gasteiger partial charge in [-0.05, 0) is 49.4 Å². The molecule has 7 nitrogen and oxygen atoms in total. The van der Waals surface area contributed by atoms with Gasteiger partial charge in [-0.25, -0.2) is 0 Å². The van der Waals surface area contributed by atoms with Crippen molar-refractivity contribution in [2.45, 2.75) is 13.5 Å². The fraction of sp³-hybridized carbons (Fsp3) is 0.267. The summed E-state index contributed by atoms with van der Waals surface area (Å²) < 4.78 is 5.74. The summed E-state index contributed by atoms with van der Waals surface area (Å²) in [4.78, 5) is 12.4. The molecule has 0 radical (unpaired) electrons. The third-order valence-corrected chi connectivity index (χ3v) is 7.10. The van der Waals surface area contributed by atoms with Crippen LogP contribution in [-0.2, 0) is 6.54 Å². The summed E-state index contributed by atoms with van der Waals surface area (Å²) in [5.41, 5.74) is 7.43. The second-order valence-electron chi connectivity index (χ2n) is 9.55. The highest BCUT2D eigenvalue weighted by Gasteiger charge is 2.15. The molecule has 188 valence electrons. The largest absolute Gasteiger partial charge is 0.496 e. The highest BCUT2D eigenvalue weighted by molar-refractivity contribution is 5.90. The molecule has 0 bridgehead atoms. The van der Waals surface area contributed by atoms with Crippen molar-refractivity contribution in [3.63, 3.8) is 0 Å². The monoisotopic (exact) mass is 492 g/mol. The van der Waals surface area contributed by atoms with Crippen LogP contribution in [0, 0.1) is 18.3 Å². The number of pyridine rings is 1. The Hall–Kier alpha value is -4.12. The van der Waals surface area contributed by atoms with E-state index in [1.807, 2.05) is 30.5 Å². The maximum absolute atomic E-state index is 9.79. The van der Waals surface area contributed by atoms with Gasteiger partial charge in [0.15, 0.2) is 0 Å². The van der Waals surface area contributed by atoms with Crippen LogP contribution in [0.3, 0.4) is 0 Å². The van der Waals surface area contributed by atoms with Crippen molar-refractivity contribution in [3.8, 4) is 11.8 Å². The molecule has 37 heavy (non-hydrogen) atoms. The van der Waals surface area contributed by atoms with Crippen molar-refractivity contribution >= 4 is 34.4 Å². The van der Waals surface area contributed by atoms with Crippen LogP contribution in [0.25, 0.3) is 23.1 Å². The zero-order valence-corrected chi connectivity index (χ0v) is 21.6. The van der Waals surface area contributed by atoms with E-state index in [9.17, 15) is 5.26 Å². The van der Waals surface area contributed by atoms with Crippen molar-refractivity contribution in [1.29, 1.82) is 5.26 Å². The molecule has 0 amide bonds. The van der Waals surface area contributed by atoms with E-state index in [2.05, 4.69) is 69.4 Å². The SMILES string of the molecule is COc1cc(CN2CCN(C)CC2)ccc1/C=C/c1cncc(C#N)c1Nc1ccc2[nH]ccc2c1C. The Morgan fingerprint density at radius 1 is 1.08 bits per heavy atom. The van der Waals surface area contributed by atoms with Crippen LogP contribution >= 0.6 is 0 Å². The first-order valence-corrected chi connectivity index (χ1v) is 12.5. The topological polar surface area (TPSA) is 80.2 Å². The second-order valence-corrected chi connectivity index (χ2v) is 9.55. The number of ether oxygens (including phenoxy) is 1. The standard InChI is InChI=1S/C30H32N6O/c1-21-26-10-11-33-28(26)9-8-27(21)34-30-24(18-32-19-25(30)17-31)7-6-23-5-4-22(16-29(23)37-3)20-36-14-12-35(2)13-15-36/h4-11,16,18-19,33H,12-15,20H2,1-3H3,(H,32,34)/b7-6+. The second kappa shape index (κ2) is 10.9. The van der Waals surface area contributed by atoms with Crippen LogP contribution in [0.15, 0.2) is 55.0 Å². The lowest BCUT2D eigenvalue weighted by Crippen LogP contribution is -2.43. The number of nitriles is 1. The molecule has 0 unspecified atom stereocenters. The lowest BCUT2D eigenvalue weighted by atomic mass is 10.1. The molecule has 0 aliphatic carbocycles. The summed E-state index contributed by atoms with van der Waals surface area (Å²) in [7, 11) is 3.88. The van der Waals surface area contributed by atoms with E-state index in [0.717, 1.165) is 77.4 Å². The maximum atomic E-state index is 9.79. The van der Waals surface area contributed by atoms with Gasteiger partial charge in [0.05, 0.1) is 18.4 Å². The molecular formula is C30H32N6O. The molecule has 7 heteroatoms. The number of aromatic nitrogens is 2. The van der Waals surface area contributed by atoms with E-state index in [4.69, 9.17) is 4.74 Å². The van der Waals surface area contributed by atoms with E-state index < -0.39 is 0 Å². The molecule has 4 aromatic rings. The van der Waals surface area contributed by atoms with Crippen molar-refractivity contribution < 1.29 is 4.74 Å². The Labute approximate surface area is 218 Å². The third-order valence-electron chi connectivity index (χ3n) is 7.10. The number of methoxy groups -OCH3 is 1. The minimum atomic E-state index is 0.491. The summed E-state index contributed by atoms with van der Waals surface area (Å²) in [5, 5.41) is 14.4. The molecule has 2 aromatic carbocycles. The molecule has 1 fully saturated rings.